The number of hydrogen-bond donors (Lipinski definition) is 0. The molecule has 0 saturated heterocycles. The molecule has 0 N–H and O–H groups in total. The van der Waals surface area contributed by atoms with Gasteiger partial charge in [-0.05, 0) is 55.7 Å². The number of rotatable bonds is 4. The highest BCUT2D eigenvalue weighted by atomic mass is 16.1. The summed E-state index contributed by atoms with van der Waals surface area (Å²) in [4.78, 5) is 23.7. The van der Waals surface area contributed by atoms with Gasteiger partial charge in [-0.3, -0.25) is 9.59 Å². The third-order valence-corrected chi connectivity index (χ3v) is 4.04. The molecule has 94 valence electrons. The normalized spacial score (nSPS) is 18.2. The van der Waals surface area contributed by atoms with Gasteiger partial charge >= 0.3 is 0 Å². The standard InChI is InChI=1S/C16H18O2/c17-15(12-6-7-12)10-16(18)14-8-5-11-3-1-2-4-13(11)9-14/h5,8-9,12H,1-4,6-7,10H2. The molecule has 0 unspecified atom stereocenters. The Labute approximate surface area is 107 Å². The van der Waals surface area contributed by atoms with Crippen LogP contribution in [0.3, 0.4) is 0 Å². The van der Waals surface area contributed by atoms with Crippen molar-refractivity contribution in [3.63, 3.8) is 0 Å². The Kier molecular flexibility index (Phi) is 3.02. The van der Waals surface area contributed by atoms with E-state index in [0.717, 1.165) is 31.2 Å². The molecule has 0 aliphatic heterocycles. The first-order valence-corrected chi connectivity index (χ1v) is 6.92. The SMILES string of the molecule is O=C(CC(=O)C1CC1)c1ccc2c(c1)CCCC2. The lowest BCUT2D eigenvalue weighted by Crippen LogP contribution is -2.11. The third-order valence-electron chi connectivity index (χ3n) is 4.04. The van der Waals surface area contributed by atoms with Crippen LogP contribution in [-0.2, 0) is 17.6 Å². The first kappa shape index (κ1) is 11.6. The van der Waals surface area contributed by atoms with Crippen molar-refractivity contribution in [1.82, 2.24) is 0 Å². The molecule has 0 amide bonds. The zero-order valence-corrected chi connectivity index (χ0v) is 10.6. The summed E-state index contributed by atoms with van der Waals surface area (Å²) in [5, 5.41) is 0. The van der Waals surface area contributed by atoms with Crippen LogP contribution in [0.25, 0.3) is 0 Å². The molecule has 1 saturated carbocycles. The molecule has 0 spiro atoms. The molecular formula is C16H18O2. The lowest BCUT2D eigenvalue weighted by molar-refractivity contribution is -0.119. The maximum absolute atomic E-state index is 12.1. The van der Waals surface area contributed by atoms with Crippen LogP contribution in [0.5, 0.6) is 0 Å². The summed E-state index contributed by atoms with van der Waals surface area (Å²) in [5.74, 6) is 0.324. The molecule has 0 radical (unpaired) electrons. The second-order valence-corrected chi connectivity index (χ2v) is 5.53. The van der Waals surface area contributed by atoms with Gasteiger partial charge in [0, 0.05) is 11.5 Å². The van der Waals surface area contributed by atoms with E-state index in [1.165, 1.54) is 24.0 Å². The third kappa shape index (κ3) is 2.38. The van der Waals surface area contributed by atoms with Gasteiger partial charge in [0.25, 0.3) is 0 Å². The van der Waals surface area contributed by atoms with Crippen molar-refractivity contribution in [1.29, 1.82) is 0 Å². The zero-order valence-electron chi connectivity index (χ0n) is 10.6. The number of aryl methyl sites for hydroxylation is 2. The van der Waals surface area contributed by atoms with Crippen LogP contribution in [0.2, 0.25) is 0 Å². The van der Waals surface area contributed by atoms with E-state index in [4.69, 9.17) is 0 Å². The summed E-state index contributed by atoms with van der Waals surface area (Å²) in [6.07, 6.45) is 6.74. The van der Waals surface area contributed by atoms with Crippen molar-refractivity contribution in [2.45, 2.75) is 44.9 Å². The first-order chi connectivity index (χ1) is 8.74. The summed E-state index contributed by atoms with van der Waals surface area (Å²) in [6, 6.07) is 5.98. The van der Waals surface area contributed by atoms with Crippen LogP contribution in [0.1, 0.15) is 53.6 Å². The molecule has 2 aliphatic carbocycles. The molecule has 0 heterocycles. The molecule has 2 nitrogen and oxygen atoms in total. The summed E-state index contributed by atoms with van der Waals surface area (Å²) in [6.45, 7) is 0. The van der Waals surface area contributed by atoms with Crippen LogP contribution in [0, 0.1) is 5.92 Å². The highest BCUT2D eigenvalue weighted by Gasteiger charge is 2.30. The Bertz CT molecular complexity index is 498. The maximum atomic E-state index is 12.1. The van der Waals surface area contributed by atoms with Gasteiger partial charge < -0.3 is 0 Å². The fourth-order valence-electron chi connectivity index (χ4n) is 2.72. The smallest absolute Gasteiger partial charge is 0.170 e. The minimum atomic E-state index is 0.000253. The van der Waals surface area contributed by atoms with Crippen molar-refractivity contribution in [3.05, 3.63) is 34.9 Å². The van der Waals surface area contributed by atoms with Gasteiger partial charge in [0.2, 0.25) is 0 Å². The van der Waals surface area contributed by atoms with E-state index in [-0.39, 0.29) is 23.9 Å². The Hall–Kier alpha value is -1.44. The molecule has 3 rings (SSSR count). The maximum Gasteiger partial charge on any atom is 0.170 e. The van der Waals surface area contributed by atoms with E-state index in [1.54, 1.807) is 0 Å². The molecule has 18 heavy (non-hydrogen) atoms. The quantitative estimate of drug-likeness (QED) is 0.600. The van der Waals surface area contributed by atoms with E-state index >= 15 is 0 Å². The number of fused-ring (bicyclic) bond motifs is 1. The summed E-state index contributed by atoms with van der Waals surface area (Å²) >= 11 is 0. The number of carbonyl (C=O) groups is 2. The fourth-order valence-corrected chi connectivity index (χ4v) is 2.72. The minimum absolute atomic E-state index is 0.000253. The lowest BCUT2D eigenvalue weighted by atomic mass is 9.89. The number of ketones is 2. The van der Waals surface area contributed by atoms with Gasteiger partial charge in [-0.1, -0.05) is 12.1 Å². The Morgan fingerprint density at radius 3 is 2.50 bits per heavy atom. The summed E-state index contributed by atoms with van der Waals surface area (Å²) in [5.41, 5.74) is 3.42. The van der Waals surface area contributed by atoms with Crippen LogP contribution in [0.4, 0.5) is 0 Å². The first-order valence-electron chi connectivity index (χ1n) is 6.92. The number of carbonyl (C=O) groups excluding carboxylic acids is 2. The lowest BCUT2D eigenvalue weighted by Gasteiger charge is -2.16. The molecule has 0 aromatic heterocycles. The number of hydrogen-bond acceptors (Lipinski definition) is 2. The summed E-state index contributed by atoms with van der Waals surface area (Å²) in [7, 11) is 0. The molecule has 1 fully saturated rings. The van der Waals surface area contributed by atoms with Crippen molar-refractivity contribution in [3.8, 4) is 0 Å². The molecule has 2 heteroatoms. The molecule has 1 aromatic carbocycles. The molecule has 0 atom stereocenters. The number of benzene rings is 1. The molecule has 2 aliphatic rings. The van der Waals surface area contributed by atoms with Crippen LogP contribution < -0.4 is 0 Å². The molecule has 0 bridgehead atoms. The Morgan fingerprint density at radius 2 is 1.78 bits per heavy atom. The van der Waals surface area contributed by atoms with Gasteiger partial charge in [0.15, 0.2) is 5.78 Å². The van der Waals surface area contributed by atoms with Crippen LogP contribution in [-0.4, -0.2) is 11.6 Å². The van der Waals surface area contributed by atoms with Crippen molar-refractivity contribution >= 4 is 11.6 Å². The predicted molar refractivity (Wildman–Crippen MR) is 69.8 cm³/mol. The van der Waals surface area contributed by atoms with Crippen LogP contribution >= 0.6 is 0 Å². The van der Waals surface area contributed by atoms with Gasteiger partial charge in [-0.2, -0.15) is 0 Å². The molecule has 1 aromatic rings. The topological polar surface area (TPSA) is 34.1 Å². The summed E-state index contributed by atoms with van der Waals surface area (Å²) < 4.78 is 0. The van der Waals surface area contributed by atoms with E-state index in [2.05, 4.69) is 6.07 Å². The van der Waals surface area contributed by atoms with E-state index in [1.807, 2.05) is 12.1 Å². The Morgan fingerprint density at radius 1 is 1.06 bits per heavy atom. The average Bonchev–Trinajstić information content (AvgIpc) is 3.22. The van der Waals surface area contributed by atoms with Gasteiger partial charge in [-0.25, -0.2) is 0 Å². The van der Waals surface area contributed by atoms with Crippen molar-refractivity contribution < 1.29 is 9.59 Å². The van der Waals surface area contributed by atoms with Crippen LogP contribution in [0.15, 0.2) is 18.2 Å². The minimum Gasteiger partial charge on any atom is -0.299 e. The Balaban J connectivity index is 1.74. The second-order valence-electron chi connectivity index (χ2n) is 5.53. The monoisotopic (exact) mass is 242 g/mol. The average molecular weight is 242 g/mol. The predicted octanol–water partition coefficient (Wildman–Crippen LogP) is 3.12. The van der Waals surface area contributed by atoms with E-state index in [0.29, 0.717) is 0 Å². The van der Waals surface area contributed by atoms with Gasteiger partial charge in [0.1, 0.15) is 5.78 Å². The zero-order chi connectivity index (χ0) is 12.5. The van der Waals surface area contributed by atoms with E-state index < -0.39 is 0 Å². The van der Waals surface area contributed by atoms with E-state index in [9.17, 15) is 9.59 Å². The largest absolute Gasteiger partial charge is 0.299 e. The highest BCUT2D eigenvalue weighted by Crippen LogP contribution is 2.31. The van der Waals surface area contributed by atoms with Crippen molar-refractivity contribution in [2.75, 3.05) is 0 Å². The fraction of sp³-hybridized carbons (Fsp3) is 0.500. The van der Waals surface area contributed by atoms with Gasteiger partial charge in [0.05, 0.1) is 6.42 Å². The van der Waals surface area contributed by atoms with Gasteiger partial charge in [-0.15, -0.1) is 0 Å². The number of Topliss-reactive ketones (excluding diaryl/α,β-unsaturated/α-hetero) is 2. The second kappa shape index (κ2) is 4.68. The highest BCUT2D eigenvalue weighted by molar-refractivity contribution is 6.09. The molecular weight excluding hydrogens is 224 g/mol. The van der Waals surface area contributed by atoms with Crippen molar-refractivity contribution in [2.24, 2.45) is 5.92 Å².